The summed E-state index contributed by atoms with van der Waals surface area (Å²) in [6.45, 7) is 3.05. The molecule has 3 aliphatic heterocycles. The lowest BCUT2D eigenvalue weighted by Gasteiger charge is -2.38. The van der Waals surface area contributed by atoms with E-state index in [9.17, 15) is 19.2 Å². The van der Waals surface area contributed by atoms with Crippen molar-refractivity contribution in [3.63, 3.8) is 0 Å². The summed E-state index contributed by atoms with van der Waals surface area (Å²) in [5, 5.41) is 2.32. The molecule has 3 aromatic carbocycles. The van der Waals surface area contributed by atoms with Crippen molar-refractivity contribution in [2.24, 2.45) is 0 Å². The molecule has 4 amide bonds. The van der Waals surface area contributed by atoms with Crippen LogP contribution in [0.4, 0.5) is 0 Å². The predicted molar refractivity (Wildman–Crippen MR) is 144 cm³/mol. The van der Waals surface area contributed by atoms with Crippen molar-refractivity contribution in [1.29, 1.82) is 0 Å². The molecule has 0 spiro atoms. The Hall–Kier alpha value is -4.30. The fourth-order valence-electron chi connectivity index (χ4n) is 6.60. The number of hydrogen-bond donors (Lipinski definition) is 1. The highest BCUT2D eigenvalue weighted by molar-refractivity contribution is 6.06. The number of hydrogen-bond acceptors (Lipinski definition) is 5. The maximum absolute atomic E-state index is 13.5. The third kappa shape index (κ3) is 3.86. The van der Waals surface area contributed by atoms with Gasteiger partial charge in [0.25, 0.3) is 11.8 Å². The molecule has 39 heavy (non-hydrogen) atoms. The monoisotopic (exact) mass is 520 g/mol. The molecule has 1 unspecified atom stereocenters. The number of carbonyl (C=O) groups is 4. The molecule has 3 heterocycles. The number of nitrogens with zero attached hydrogens (tertiary/aromatic N) is 3. The van der Waals surface area contributed by atoms with Gasteiger partial charge in [-0.1, -0.05) is 48.5 Å². The van der Waals surface area contributed by atoms with Gasteiger partial charge in [0.1, 0.15) is 6.04 Å². The minimum Gasteiger partial charge on any atom is -0.336 e. The average molecular weight is 521 g/mol. The minimum atomic E-state index is -0.666. The molecule has 1 atom stereocenters. The van der Waals surface area contributed by atoms with E-state index in [4.69, 9.17) is 0 Å². The normalized spacial score (nSPS) is 21.0. The van der Waals surface area contributed by atoms with Crippen molar-refractivity contribution in [1.82, 2.24) is 20.0 Å². The zero-order valence-corrected chi connectivity index (χ0v) is 21.4. The number of fused-ring (bicyclic) bond motifs is 4. The molecule has 3 aromatic rings. The Kier molecular flexibility index (Phi) is 5.59. The lowest BCUT2D eigenvalue weighted by Crippen LogP contribution is -2.52. The summed E-state index contributed by atoms with van der Waals surface area (Å²) in [4.78, 5) is 56.2. The van der Waals surface area contributed by atoms with Crippen LogP contribution in [0, 0.1) is 0 Å². The van der Waals surface area contributed by atoms with Crippen molar-refractivity contribution in [2.45, 2.75) is 31.5 Å². The van der Waals surface area contributed by atoms with Gasteiger partial charge in [-0.15, -0.1) is 0 Å². The second-order valence-corrected chi connectivity index (χ2v) is 10.7. The molecule has 1 N–H and O–H groups in total. The summed E-state index contributed by atoms with van der Waals surface area (Å²) < 4.78 is 0. The third-order valence-electron chi connectivity index (χ3n) is 8.54. The Morgan fingerprint density at radius 2 is 1.46 bits per heavy atom. The van der Waals surface area contributed by atoms with Crippen LogP contribution in [0.15, 0.2) is 66.7 Å². The molecular formula is C31H28N4O4. The Bertz CT molecular complexity index is 1500. The Balaban J connectivity index is 1.05. The number of rotatable bonds is 3. The molecule has 0 aromatic heterocycles. The highest BCUT2D eigenvalue weighted by Crippen LogP contribution is 2.46. The van der Waals surface area contributed by atoms with Gasteiger partial charge in [-0.3, -0.25) is 29.4 Å². The average Bonchev–Trinajstić information content (AvgIpc) is 3.47. The van der Waals surface area contributed by atoms with E-state index in [0.717, 1.165) is 18.7 Å². The lowest BCUT2D eigenvalue weighted by molar-refractivity contribution is -0.136. The van der Waals surface area contributed by atoms with E-state index in [1.165, 1.54) is 27.2 Å². The Morgan fingerprint density at radius 1 is 0.795 bits per heavy atom. The van der Waals surface area contributed by atoms with E-state index in [2.05, 4.69) is 58.7 Å². The second-order valence-electron chi connectivity index (χ2n) is 10.7. The number of amides is 4. The summed E-state index contributed by atoms with van der Waals surface area (Å²) in [5.41, 5.74) is 7.03. The molecule has 1 aliphatic carbocycles. The molecule has 8 heteroatoms. The first kappa shape index (κ1) is 23.8. The topological polar surface area (TPSA) is 90.0 Å². The predicted octanol–water partition coefficient (Wildman–Crippen LogP) is 2.98. The van der Waals surface area contributed by atoms with Crippen LogP contribution in [0.5, 0.6) is 0 Å². The summed E-state index contributed by atoms with van der Waals surface area (Å²) >= 11 is 0. The highest BCUT2D eigenvalue weighted by atomic mass is 16.2. The maximum atomic E-state index is 13.5. The van der Waals surface area contributed by atoms with Crippen LogP contribution < -0.4 is 5.32 Å². The molecule has 2 fully saturated rings. The van der Waals surface area contributed by atoms with E-state index in [0.29, 0.717) is 30.6 Å². The SMILES string of the molecule is O=C1CCC(N2Cc3cc(C(=O)N4CCN(C5c6ccccc6-c6ccccc65)CC4)ccc3C2=O)C(=O)N1. The van der Waals surface area contributed by atoms with E-state index in [-0.39, 0.29) is 36.7 Å². The number of nitrogens with one attached hydrogen (secondary N) is 1. The van der Waals surface area contributed by atoms with Crippen LogP contribution in [0.1, 0.15) is 56.3 Å². The van der Waals surface area contributed by atoms with Crippen molar-refractivity contribution in [3.05, 3.63) is 94.5 Å². The fraction of sp³-hybridized carbons (Fsp3) is 0.290. The van der Waals surface area contributed by atoms with Crippen LogP contribution in [0.3, 0.4) is 0 Å². The Labute approximate surface area is 226 Å². The standard InChI is InChI=1S/C31H28N4O4/c36-27-12-11-26(29(37)32-27)35-18-20-17-19(9-10-21(20)31(35)39)30(38)34-15-13-33(14-16-34)28-24-7-3-1-5-22(24)23-6-2-4-8-25(23)28/h1-10,17,26,28H,11-16,18H2,(H,32,36,37). The van der Waals surface area contributed by atoms with Gasteiger partial charge in [-0.25, -0.2) is 0 Å². The first-order valence-corrected chi connectivity index (χ1v) is 13.5. The van der Waals surface area contributed by atoms with Crippen molar-refractivity contribution in [2.75, 3.05) is 26.2 Å². The van der Waals surface area contributed by atoms with Gasteiger partial charge < -0.3 is 9.80 Å². The zero-order chi connectivity index (χ0) is 26.7. The number of imide groups is 1. The van der Waals surface area contributed by atoms with Gasteiger partial charge in [0.05, 0.1) is 6.04 Å². The van der Waals surface area contributed by atoms with E-state index < -0.39 is 11.9 Å². The molecular weight excluding hydrogens is 492 g/mol. The van der Waals surface area contributed by atoms with Gasteiger partial charge in [-0.05, 0) is 52.4 Å². The number of piperidine rings is 1. The Morgan fingerprint density at radius 3 is 2.13 bits per heavy atom. The summed E-state index contributed by atoms with van der Waals surface area (Å²) in [6.07, 6.45) is 0.528. The third-order valence-corrected chi connectivity index (χ3v) is 8.54. The molecule has 4 aliphatic rings. The molecule has 7 rings (SSSR count). The first-order chi connectivity index (χ1) is 19.0. The number of piperazine rings is 1. The number of benzene rings is 3. The smallest absolute Gasteiger partial charge is 0.255 e. The van der Waals surface area contributed by atoms with E-state index in [1.807, 2.05) is 4.90 Å². The van der Waals surface area contributed by atoms with E-state index >= 15 is 0 Å². The minimum absolute atomic E-state index is 0.0448. The molecule has 2 saturated heterocycles. The summed E-state index contributed by atoms with van der Waals surface area (Å²) in [7, 11) is 0. The van der Waals surface area contributed by atoms with Crippen LogP contribution in [0.2, 0.25) is 0 Å². The maximum Gasteiger partial charge on any atom is 0.255 e. The van der Waals surface area contributed by atoms with Crippen LogP contribution >= 0.6 is 0 Å². The number of carbonyl (C=O) groups excluding carboxylic acids is 4. The van der Waals surface area contributed by atoms with Gasteiger partial charge in [-0.2, -0.15) is 0 Å². The molecule has 0 saturated carbocycles. The van der Waals surface area contributed by atoms with Crippen LogP contribution in [0.25, 0.3) is 11.1 Å². The van der Waals surface area contributed by atoms with E-state index in [1.54, 1.807) is 18.2 Å². The van der Waals surface area contributed by atoms with Crippen molar-refractivity contribution >= 4 is 23.6 Å². The summed E-state index contributed by atoms with van der Waals surface area (Å²) in [6, 6.07) is 21.9. The summed E-state index contributed by atoms with van der Waals surface area (Å²) in [5.74, 6) is -1.02. The fourth-order valence-corrected chi connectivity index (χ4v) is 6.60. The highest BCUT2D eigenvalue weighted by Gasteiger charge is 2.40. The molecule has 0 bridgehead atoms. The second kappa shape index (κ2) is 9.17. The molecule has 0 radical (unpaired) electrons. The van der Waals surface area contributed by atoms with Gasteiger partial charge in [0.2, 0.25) is 11.8 Å². The van der Waals surface area contributed by atoms with Gasteiger partial charge in [0, 0.05) is 50.3 Å². The largest absolute Gasteiger partial charge is 0.336 e. The van der Waals surface area contributed by atoms with Gasteiger partial charge in [0.15, 0.2) is 0 Å². The molecule has 196 valence electrons. The van der Waals surface area contributed by atoms with Crippen LogP contribution in [-0.4, -0.2) is 70.5 Å². The zero-order valence-electron chi connectivity index (χ0n) is 21.4. The lowest BCUT2D eigenvalue weighted by atomic mass is 10.0. The van der Waals surface area contributed by atoms with Gasteiger partial charge >= 0.3 is 0 Å². The van der Waals surface area contributed by atoms with Crippen LogP contribution in [-0.2, 0) is 16.1 Å². The van der Waals surface area contributed by atoms with Crippen molar-refractivity contribution < 1.29 is 19.2 Å². The van der Waals surface area contributed by atoms with Crippen molar-refractivity contribution in [3.8, 4) is 11.1 Å². The molecule has 8 nitrogen and oxygen atoms in total. The first-order valence-electron chi connectivity index (χ1n) is 13.5. The quantitative estimate of drug-likeness (QED) is 0.537.